The number of piperidine rings is 1. The van der Waals surface area contributed by atoms with Crippen LogP contribution in [0.4, 0.5) is 0 Å². The third-order valence-corrected chi connectivity index (χ3v) is 7.36. The van der Waals surface area contributed by atoms with Gasteiger partial charge in [0.05, 0.1) is 0 Å². The molecule has 7 nitrogen and oxygen atoms in total. The van der Waals surface area contributed by atoms with Crippen LogP contribution in [-0.2, 0) is 14.8 Å². The molecule has 0 bridgehead atoms. The highest BCUT2D eigenvalue weighted by molar-refractivity contribution is 7.90. The number of fused-ring (bicyclic) bond motifs is 1. The van der Waals surface area contributed by atoms with Crippen LogP contribution < -0.4 is 5.73 Å². The molecule has 2 atom stereocenters. The highest BCUT2D eigenvalue weighted by Gasteiger charge is 2.38. The molecule has 3 aliphatic rings. The molecule has 2 N–H and O–H groups in total. The highest BCUT2D eigenvalue weighted by Crippen LogP contribution is 2.31. The second-order valence-corrected chi connectivity index (χ2v) is 9.40. The summed E-state index contributed by atoms with van der Waals surface area (Å²) < 4.78 is 28.5. The van der Waals surface area contributed by atoms with Crippen LogP contribution in [0.3, 0.4) is 0 Å². The lowest BCUT2D eigenvalue weighted by Gasteiger charge is -2.35. The Morgan fingerprint density at radius 3 is 2.57 bits per heavy atom. The highest BCUT2D eigenvalue weighted by atomic mass is 35.5. The zero-order valence-corrected chi connectivity index (χ0v) is 17.6. The number of benzene rings is 1. The Balaban J connectivity index is 0.00000225. The van der Waals surface area contributed by atoms with Crippen molar-refractivity contribution in [2.24, 2.45) is 22.0 Å². The molecule has 0 aromatic heterocycles. The van der Waals surface area contributed by atoms with Crippen LogP contribution >= 0.6 is 12.4 Å². The van der Waals surface area contributed by atoms with Gasteiger partial charge in [0.1, 0.15) is 4.90 Å². The summed E-state index contributed by atoms with van der Waals surface area (Å²) >= 11 is 0. The summed E-state index contributed by atoms with van der Waals surface area (Å²) in [6, 6.07) is 7.19. The summed E-state index contributed by atoms with van der Waals surface area (Å²) in [5.74, 6) is 1.14. The molecule has 0 spiro atoms. The number of carbonyl (C=O) groups is 1. The van der Waals surface area contributed by atoms with E-state index in [-0.39, 0.29) is 35.2 Å². The summed E-state index contributed by atoms with van der Waals surface area (Å²) in [6.45, 7) is 4.76. The number of amidine groups is 1. The Morgan fingerprint density at radius 1 is 1.25 bits per heavy atom. The summed E-state index contributed by atoms with van der Waals surface area (Å²) in [6.07, 6.45) is 2.42. The van der Waals surface area contributed by atoms with Gasteiger partial charge >= 0.3 is 0 Å². The molecule has 9 heteroatoms. The fourth-order valence-corrected chi connectivity index (χ4v) is 5.74. The molecule has 0 aliphatic carbocycles. The number of likely N-dealkylation sites (tertiary alicyclic amines) is 2. The molecule has 2 fully saturated rings. The van der Waals surface area contributed by atoms with Crippen molar-refractivity contribution in [3.8, 4) is 0 Å². The first-order chi connectivity index (χ1) is 12.9. The smallest absolute Gasteiger partial charge is 0.285 e. The van der Waals surface area contributed by atoms with Gasteiger partial charge in [-0.2, -0.15) is 8.42 Å². The standard InChI is InChI=1S/C19H26N4O3S.ClH/c1-13-10-14(11-20)12-23(13)19(24)15-6-8-22(9-7-15)18-16-4-2-3-5-17(16)27(25,26)21-18;/h2-5,13-15H,6-12,20H2,1H3;1H. The number of amides is 1. The van der Waals surface area contributed by atoms with E-state index in [1.54, 1.807) is 18.2 Å². The molecule has 0 radical (unpaired) electrons. The fourth-order valence-electron chi connectivity index (χ4n) is 4.51. The van der Waals surface area contributed by atoms with E-state index < -0.39 is 10.0 Å². The van der Waals surface area contributed by atoms with Crippen molar-refractivity contribution in [1.82, 2.24) is 9.80 Å². The summed E-state index contributed by atoms with van der Waals surface area (Å²) in [4.78, 5) is 17.2. The average molecular weight is 427 g/mol. The zero-order chi connectivity index (χ0) is 19.2. The van der Waals surface area contributed by atoms with Crippen LogP contribution in [0.15, 0.2) is 33.6 Å². The lowest BCUT2D eigenvalue weighted by molar-refractivity contribution is -0.137. The van der Waals surface area contributed by atoms with Crippen molar-refractivity contribution in [2.45, 2.75) is 37.1 Å². The van der Waals surface area contributed by atoms with Gasteiger partial charge in [0.25, 0.3) is 10.0 Å². The molecule has 2 saturated heterocycles. The summed E-state index contributed by atoms with van der Waals surface area (Å²) in [7, 11) is -3.60. The van der Waals surface area contributed by atoms with Crippen LogP contribution in [0.25, 0.3) is 0 Å². The first-order valence-electron chi connectivity index (χ1n) is 9.60. The van der Waals surface area contributed by atoms with E-state index in [4.69, 9.17) is 5.73 Å². The van der Waals surface area contributed by atoms with Crippen molar-refractivity contribution in [3.05, 3.63) is 29.8 Å². The Labute approximate surface area is 172 Å². The largest absolute Gasteiger partial charge is 0.355 e. The second kappa shape index (κ2) is 8.00. The first kappa shape index (κ1) is 21.1. The third kappa shape index (κ3) is 3.65. The van der Waals surface area contributed by atoms with Gasteiger partial charge < -0.3 is 15.5 Å². The number of carbonyl (C=O) groups excluding carboxylic acids is 1. The molecule has 2 unspecified atom stereocenters. The van der Waals surface area contributed by atoms with Gasteiger partial charge in [-0.15, -0.1) is 16.8 Å². The molecular weight excluding hydrogens is 400 g/mol. The van der Waals surface area contributed by atoms with E-state index in [1.165, 1.54) is 0 Å². The van der Waals surface area contributed by atoms with Gasteiger partial charge in [0.15, 0.2) is 5.84 Å². The number of hydrogen-bond donors (Lipinski definition) is 1. The Hall–Kier alpha value is -1.64. The quantitative estimate of drug-likeness (QED) is 0.772. The average Bonchev–Trinajstić information content (AvgIpc) is 3.19. The van der Waals surface area contributed by atoms with Crippen molar-refractivity contribution < 1.29 is 13.2 Å². The molecule has 154 valence electrons. The second-order valence-electron chi connectivity index (χ2n) is 7.82. The van der Waals surface area contributed by atoms with Crippen LogP contribution in [0, 0.1) is 11.8 Å². The number of hydrogen-bond acceptors (Lipinski definition) is 5. The van der Waals surface area contributed by atoms with E-state index in [0.717, 1.165) is 25.8 Å². The fraction of sp³-hybridized carbons (Fsp3) is 0.579. The normalized spacial score (nSPS) is 26.6. The maximum atomic E-state index is 12.9. The summed E-state index contributed by atoms with van der Waals surface area (Å²) in [5.41, 5.74) is 6.45. The SMILES string of the molecule is CC1CC(CN)CN1C(=O)C1CCN(C2=NS(=O)(=O)c3ccccc32)CC1.Cl. The summed E-state index contributed by atoms with van der Waals surface area (Å²) in [5, 5.41) is 0. The molecule has 1 aromatic rings. The van der Waals surface area contributed by atoms with Gasteiger partial charge in [0.2, 0.25) is 5.91 Å². The molecule has 3 heterocycles. The van der Waals surface area contributed by atoms with E-state index in [9.17, 15) is 13.2 Å². The van der Waals surface area contributed by atoms with Crippen LogP contribution in [0.2, 0.25) is 0 Å². The predicted octanol–water partition coefficient (Wildman–Crippen LogP) is 1.47. The van der Waals surface area contributed by atoms with Gasteiger partial charge in [-0.05, 0) is 50.8 Å². The van der Waals surface area contributed by atoms with E-state index in [1.807, 2.05) is 15.9 Å². The molecule has 0 saturated carbocycles. The first-order valence-corrected chi connectivity index (χ1v) is 11.0. The van der Waals surface area contributed by atoms with E-state index in [2.05, 4.69) is 11.3 Å². The van der Waals surface area contributed by atoms with Crippen LogP contribution in [-0.4, -0.2) is 62.2 Å². The lowest BCUT2D eigenvalue weighted by Crippen LogP contribution is -2.45. The van der Waals surface area contributed by atoms with Gasteiger partial charge in [-0.1, -0.05) is 12.1 Å². The number of sulfonamides is 1. The number of nitrogens with zero attached hydrogens (tertiary/aromatic N) is 3. The predicted molar refractivity (Wildman–Crippen MR) is 110 cm³/mol. The van der Waals surface area contributed by atoms with Gasteiger partial charge in [-0.25, -0.2) is 0 Å². The van der Waals surface area contributed by atoms with E-state index >= 15 is 0 Å². The van der Waals surface area contributed by atoms with Gasteiger partial charge in [0, 0.05) is 37.2 Å². The minimum Gasteiger partial charge on any atom is -0.355 e. The molecular formula is C19H27ClN4O3S. The molecule has 1 amide bonds. The third-order valence-electron chi connectivity index (χ3n) is 6.03. The van der Waals surface area contributed by atoms with E-state index in [0.29, 0.717) is 37.0 Å². The van der Waals surface area contributed by atoms with Crippen molar-refractivity contribution >= 4 is 34.2 Å². The number of rotatable bonds is 2. The molecule has 3 aliphatic heterocycles. The van der Waals surface area contributed by atoms with Crippen molar-refractivity contribution in [3.63, 3.8) is 0 Å². The monoisotopic (exact) mass is 426 g/mol. The topological polar surface area (TPSA) is 96.1 Å². The maximum absolute atomic E-state index is 12.9. The van der Waals surface area contributed by atoms with Crippen LogP contribution in [0.5, 0.6) is 0 Å². The number of halogens is 1. The minimum atomic E-state index is -3.60. The Kier molecular flexibility index (Phi) is 6.03. The van der Waals surface area contributed by atoms with Crippen molar-refractivity contribution in [1.29, 1.82) is 0 Å². The van der Waals surface area contributed by atoms with Crippen molar-refractivity contribution in [2.75, 3.05) is 26.2 Å². The maximum Gasteiger partial charge on any atom is 0.285 e. The minimum absolute atomic E-state index is 0. The van der Waals surface area contributed by atoms with Crippen LogP contribution in [0.1, 0.15) is 31.7 Å². The Bertz CT molecular complexity index is 881. The molecule has 1 aromatic carbocycles. The Morgan fingerprint density at radius 2 is 1.93 bits per heavy atom. The number of nitrogens with two attached hydrogens (primary N) is 1. The molecule has 28 heavy (non-hydrogen) atoms. The molecule has 4 rings (SSSR count). The zero-order valence-electron chi connectivity index (χ0n) is 16.0. The lowest BCUT2D eigenvalue weighted by atomic mass is 9.94. The van der Waals surface area contributed by atoms with Gasteiger partial charge in [-0.3, -0.25) is 4.79 Å².